The van der Waals surface area contributed by atoms with Gasteiger partial charge in [-0.25, -0.2) is 0 Å². The monoisotopic (exact) mass is 474 g/mol. The number of nitrogens with one attached hydrogen (secondary N) is 1. The van der Waals surface area contributed by atoms with Crippen molar-refractivity contribution in [2.75, 3.05) is 26.2 Å². The number of fused-ring (bicyclic) bond motifs is 1. The molecule has 0 unspecified atom stereocenters. The third-order valence-corrected chi connectivity index (χ3v) is 6.80. The Morgan fingerprint density at radius 3 is 2.60 bits per heavy atom. The van der Waals surface area contributed by atoms with Crippen LogP contribution in [0.2, 0.25) is 0 Å². The Morgan fingerprint density at radius 1 is 1.14 bits per heavy atom. The number of aromatic nitrogens is 2. The predicted octanol–water partition coefficient (Wildman–Crippen LogP) is 4.30. The van der Waals surface area contributed by atoms with Crippen molar-refractivity contribution in [2.24, 2.45) is 0 Å². The number of H-pyrrole nitrogens is 1. The Bertz CT molecular complexity index is 1290. The summed E-state index contributed by atoms with van der Waals surface area (Å²) in [5.74, 6) is 0.753. The smallest absolute Gasteiger partial charge is 0.325 e. The molecule has 182 valence electrons. The van der Waals surface area contributed by atoms with E-state index < -0.39 is 12.0 Å². The van der Waals surface area contributed by atoms with Crippen LogP contribution in [0.1, 0.15) is 34.2 Å². The number of aromatic amines is 1. The van der Waals surface area contributed by atoms with Gasteiger partial charge in [-0.3, -0.25) is 14.6 Å². The summed E-state index contributed by atoms with van der Waals surface area (Å²) in [4.78, 5) is 20.0. The van der Waals surface area contributed by atoms with E-state index in [1.807, 2.05) is 68.6 Å². The van der Waals surface area contributed by atoms with Crippen LogP contribution >= 0.6 is 0 Å². The van der Waals surface area contributed by atoms with Crippen LogP contribution in [0.15, 0.2) is 59.3 Å². The van der Waals surface area contributed by atoms with Crippen molar-refractivity contribution in [3.8, 4) is 5.75 Å². The molecule has 2 aromatic heterocycles. The van der Waals surface area contributed by atoms with Crippen LogP contribution in [0.25, 0.3) is 10.9 Å². The summed E-state index contributed by atoms with van der Waals surface area (Å²) in [7, 11) is 0. The summed E-state index contributed by atoms with van der Waals surface area (Å²) in [6.45, 7) is 8.05. The highest BCUT2D eigenvalue weighted by atomic mass is 16.5. The minimum absolute atomic E-state index is 0.482. The molecule has 4 aromatic rings. The van der Waals surface area contributed by atoms with Crippen LogP contribution in [-0.2, 0) is 17.9 Å². The molecular weight excluding hydrogens is 444 g/mol. The van der Waals surface area contributed by atoms with Crippen molar-refractivity contribution in [3.63, 3.8) is 0 Å². The highest BCUT2D eigenvalue weighted by Gasteiger charge is 2.32. The second kappa shape index (κ2) is 9.93. The largest absolute Gasteiger partial charge is 0.489 e. The zero-order valence-corrected chi connectivity index (χ0v) is 20.0. The van der Waals surface area contributed by atoms with Crippen molar-refractivity contribution in [3.05, 3.63) is 82.9 Å². The minimum Gasteiger partial charge on any atom is -0.489 e. The molecule has 0 radical (unpaired) electrons. The Hall–Kier alpha value is -3.62. The number of ether oxygens (including phenoxy) is 1. The summed E-state index contributed by atoms with van der Waals surface area (Å²) in [5, 5.41) is 15.1. The van der Waals surface area contributed by atoms with E-state index in [4.69, 9.17) is 9.26 Å². The van der Waals surface area contributed by atoms with Gasteiger partial charge in [0.2, 0.25) is 0 Å². The van der Waals surface area contributed by atoms with Gasteiger partial charge in [-0.05, 0) is 31.5 Å². The maximum atomic E-state index is 12.4. The molecule has 5 rings (SSSR count). The molecule has 8 nitrogen and oxygen atoms in total. The topological polar surface area (TPSA) is 94.8 Å². The Morgan fingerprint density at radius 2 is 1.91 bits per heavy atom. The van der Waals surface area contributed by atoms with Crippen molar-refractivity contribution >= 4 is 16.9 Å². The number of carbonyl (C=O) groups is 1. The molecule has 0 amide bonds. The minimum atomic E-state index is -0.838. The second-order valence-corrected chi connectivity index (χ2v) is 9.08. The molecular formula is C27H30N4O4. The first-order valence-electron chi connectivity index (χ1n) is 11.9. The number of rotatable bonds is 8. The Kier molecular flexibility index (Phi) is 6.57. The van der Waals surface area contributed by atoms with Gasteiger partial charge in [-0.1, -0.05) is 35.5 Å². The number of carboxylic acids is 1. The lowest BCUT2D eigenvalue weighted by molar-refractivity contribution is -0.144. The average molecular weight is 475 g/mol. The summed E-state index contributed by atoms with van der Waals surface area (Å²) >= 11 is 0. The molecule has 1 aliphatic rings. The van der Waals surface area contributed by atoms with E-state index in [0.717, 1.165) is 64.4 Å². The number of nitrogens with zero attached hydrogens (tertiary/aromatic N) is 3. The fourth-order valence-corrected chi connectivity index (χ4v) is 4.80. The van der Waals surface area contributed by atoms with Crippen molar-refractivity contribution in [1.29, 1.82) is 0 Å². The van der Waals surface area contributed by atoms with Gasteiger partial charge in [-0.15, -0.1) is 0 Å². The normalized spacial score (nSPS) is 15.9. The molecule has 0 aliphatic carbocycles. The van der Waals surface area contributed by atoms with Gasteiger partial charge < -0.3 is 19.4 Å². The van der Waals surface area contributed by atoms with Crippen LogP contribution in [0.4, 0.5) is 0 Å². The van der Waals surface area contributed by atoms with Gasteiger partial charge in [0.1, 0.15) is 24.2 Å². The van der Waals surface area contributed by atoms with Gasteiger partial charge in [0.15, 0.2) is 0 Å². The Balaban J connectivity index is 1.28. The number of hydrogen-bond donors (Lipinski definition) is 2. The van der Waals surface area contributed by atoms with Crippen LogP contribution in [0.5, 0.6) is 5.75 Å². The molecule has 8 heteroatoms. The van der Waals surface area contributed by atoms with Gasteiger partial charge in [-0.2, -0.15) is 0 Å². The van der Waals surface area contributed by atoms with E-state index in [-0.39, 0.29) is 0 Å². The van der Waals surface area contributed by atoms with Crippen molar-refractivity contribution in [2.45, 2.75) is 33.0 Å². The molecule has 0 saturated carbocycles. The first-order chi connectivity index (χ1) is 17.0. The van der Waals surface area contributed by atoms with Crippen molar-refractivity contribution < 1.29 is 19.2 Å². The molecule has 1 atom stereocenters. The van der Waals surface area contributed by atoms with E-state index in [1.54, 1.807) is 0 Å². The number of aryl methyl sites for hydroxylation is 2. The van der Waals surface area contributed by atoms with Crippen molar-refractivity contribution in [1.82, 2.24) is 19.9 Å². The van der Waals surface area contributed by atoms with Gasteiger partial charge in [0, 0.05) is 67.0 Å². The van der Waals surface area contributed by atoms with E-state index in [9.17, 15) is 9.90 Å². The molecule has 1 aliphatic heterocycles. The Labute approximate surface area is 204 Å². The van der Waals surface area contributed by atoms with Crippen LogP contribution in [0, 0.1) is 13.8 Å². The fraction of sp³-hybridized carbons (Fsp3) is 0.333. The van der Waals surface area contributed by atoms with E-state index >= 15 is 0 Å². The lowest BCUT2D eigenvalue weighted by atomic mass is 10.0. The number of carboxylic acid groups (broad SMARTS) is 1. The predicted molar refractivity (Wildman–Crippen MR) is 132 cm³/mol. The zero-order chi connectivity index (χ0) is 24.4. The molecule has 2 aromatic carbocycles. The maximum absolute atomic E-state index is 12.4. The molecule has 0 spiro atoms. The maximum Gasteiger partial charge on any atom is 0.325 e. The highest BCUT2D eigenvalue weighted by molar-refractivity contribution is 5.90. The number of aliphatic carboxylic acids is 1. The summed E-state index contributed by atoms with van der Waals surface area (Å²) in [6.07, 6.45) is 1.82. The van der Waals surface area contributed by atoms with E-state index in [0.29, 0.717) is 19.7 Å². The highest BCUT2D eigenvalue weighted by Crippen LogP contribution is 2.32. The first kappa shape index (κ1) is 23.1. The number of hydrogen-bond acceptors (Lipinski definition) is 6. The van der Waals surface area contributed by atoms with Crippen LogP contribution < -0.4 is 4.74 Å². The first-order valence-corrected chi connectivity index (χ1v) is 11.9. The molecule has 1 saturated heterocycles. The summed E-state index contributed by atoms with van der Waals surface area (Å²) < 4.78 is 11.2. The second-order valence-electron chi connectivity index (χ2n) is 9.08. The van der Waals surface area contributed by atoms with Crippen LogP contribution in [-0.4, -0.2) is 57.2 Å². The number of piperazine rings is 1. The quantitative estimate of drug-likeness (QED) is 0.393. The van der Waals surface area contributed by atoms with Crippen LogP contribution in [0.3, 0.4) is 0 Å². The third-order valence-electron chi connectivity index (χ3n) is 6.80. The summed E-state index contributed by atoms with van der Waals surface area (Å²) in [5.41, 5.74) is 4.78. The SMILES string of the molecule is Cc1noc(C)c1CN1CCN([C@@H](C(=O)O)c2c[nH]c3cc(OCc4ccccc4)ccc23)CC1. The standard InChI is InChI=1S/C27H30N4O4/c1-18-24(19(2)35-29-18)16-30-10-12-31(13-11-30)26(27(32)33)23-15-28-25-14-21(8-9-22(23)25)34-17-20-6-4-3-5-7-20/h3-9,14-15,26,28H,10-13,16-17H2,1-2H3,(H,32,33)/t26-/m1/s1. The number of benzene rings is 2. The molecule has 35 heavy (non-hydrogen) atoms. The zero-order valence-electron chi connectivity index (χ0n) is 20.0. The average Bonchev–Trinajstić information content (AvgIpc) is 3.42. The lowest BCUT2D eigenvalue weighted by Crippen LogP contribution is -2.48. The van der Waals surface area contributed by atoms with E-state index in [1.165, 1.54) is 0 Å². The van der Waals surface area contributed by atoms with E-state index in [2.05, 4.69) is 19.9 Å². The summed E-state index contributed by atoms with van der Waals surface area (Å²) in [6, 6.07) is 15.1. The van der Waals surface area contributed by atoms with Gasteiger partial charge in [0.05, 0.1) is 5.69 Å². The fourth-order valence-electron chi connectivity index (χ4n) is 4.80. The molecule has 2 N–H and O–H groups in total. The lowest BCUT2D eigenvalue weighted by Gasteiger charge is -2.37. The molecule has 3 heterocycles. The van der Waals surface area contributed by atoms with Gasteiger partial charge >= 0.3 is 5.97 Å². The molecule has 1 fully saturated rings. The van der Waals surface area contributed by atoms with Gasteiger partial charge in [0.25, 0.3) is 0 Å². The molecule has 0 bridgehead atoms. The third kappa shape index (κ3) is 4.94.